The quantitative estimate of drug-likeness (QED) is 0.183. The van der Waals surface area contributed by atoms with Gasteiger partial charge in [0.05, 0.1) is 6.04 Å². The van der Waals surface area contributed by atoms with Gasteiger partial charge in [0.25, 0.3) is 0 Å². The number of aromatic nitrogens is 1. The molecule has 3 amide bonds. The standard InChI is InChI=1S/C27H37N5O7/c1-15(2)12-21(31-25(36)20(9-10-23(33)34)30-24(35)19-8-5-11-28-19)26(37)32-22(27(38)39)13-16-14-29-18-7-4-3-6-17(16)18/h3-4,6-7,14-15,19-22,28-29H,5,8-13H2,1-2H3,(H,30,35)(H,31,36)(H,32,37)(H,33,34)(H,38,39). The molecule has 0 radical (unpaired) electrons. The molecule has 12 nitrogen and oxygen atoms in total. The van der Waals surface area contributed by atoms with Gasteiger partial charge >= 0.3 is 11.9 Å². The number of aromatic amines is 1. The van der Waals surface area contributed by atoms with E-state index in [9.17, 15) is 29.1 Å². The molecule has 7 N–H and O–H groups in total. The van der Waals surface area contributed by atoms with E-state index in [0.717, 1.165) is 22.9 Å². The number of nitrogens with one attached hydrogen (secondary N) is 5. The average Bonchev–Trinajstić information content (AvgIpc) is 3.56. The molecule has 4 atom stereocenters. The van der Waals surface area contributed by atoms with Gasteiger partial charge in [-0.15, -0.1) is 0 Å². The molecule has 0 bridgehead atoms. The zero-order chi connectivity index (χ0) is 28.5. The van der Waals surface area contributed by atoms with Crippen LogP contribution in [0.3, 0.4) is 0 Å². The molecule has 1 aromatic heterocycles. The lowest BCUT2D eigenvalue weighted by Gasteiger charge is -2.26. The minimum atomic E-state index is -1.25. The van der Waals surface area contributed by atoms with Crippen molar-refractivity contribution in [3.63, 3.8) is 0 Å². The summed E-state index contributed by atoms with van der Waals surface area (Å²) in [6.07, 6.45) is 2.83. The average molecular weight is 544 g/mol. The minimum Gasteiger partial charge on any atom is -0.481 e. The van der Waals surface area contributed by atoms with E-state index in [4.69, 9.17) is 5.11 Å². The number of hydrogen-bond acceptors (Lipinski definition) is 6. The largest absolute Gasteiger partial charge is 0.481 e. The molecule has 0 aliphatic carbocycles. The summed E-state index contributed by atoms with van der Waals surface area (Å²) >= 11 is 0. The molecule has 1 aliphatic heterocycles. The Morgan fingerprint density at radius 2 is 1.67 bits per heavy atom. The Bertz CT molecular complexity index is 1190. The van der Waals surface area contributed by atoms with E-state index in [2.05, 4.69) is 26.3 Å². The summed E-state index contributed by atoms with van der Waals surface area (Å²) in [4.78, 5) is 65.4. The number of carbonyl (C=O) groups excluding carboxylic acids is 3. The number of aliphatic carboxylic acids is 2. The number of para-hydroxylation sites is 1. The Morgan fingerprint density at radius 3 is 2.31 bits per heavy atom. The molecule has 4 unspecified atom stereocenters. The fraction of sp³-hybridized carbons (Fsp3) is 0.519. The van der Waals surface area contributed by atoms with E-state index in [-0.39, 0.29) is 31.6 Å². The van der Waals surface area contributed by atoms with Gasteiger partial charge in [0.2, 0.25) is 17.7 Å². The zero-order valence-corrected chi connectivity index (χ0v) is 22.2. The number of amides is 3. The lowest BCUT2D eigenvalue weighted by Crippen LogP contribution is -2.57. The summed E-state index contributed by atoms with van der Waals surface area (Å²) in [5, 5.41) is 30.6. The molecule has 1 saturated heterocycles. The van der Waals surface area contributed by atoms with Crippen LogP contribution in [0.2, 0.25) is 0 Å². The molecule has 1 aliphatic rings. The van der Waals surface area contributed by atoms with E-state index in [1.807, 2.05) is 38.1 Å². The van der Waals surface area contributed by atoms with Crippen LogP contribution in [0.4, 0.5) is 0 Å². The normalized spacial score (nSPS) is 17.4. The van der Waals surface area contributed by atoms with Crippen molar-refractivity contribution in [1.29, 1.82) is 0 Å². The van der Waals surface area contributed by atoms with Crippen LogP contribution in [-0.4, -0.2) is 75.6 Å². The summed E-state index contributed by atoms with van der Waals surface area (Å²) in [6, 6.07) is 3.44. The number of benzene rings is 1. The third-order valence-corrected chi connectivity index (χ3v) is 6.71. The molecule has 0 spiro atoms. The maximum Gasteiger partial charge on any atom is 0.326 e. The third kappa shape index (κ3) is 8.54. The van der Waals surface area contributed by atoms with Gasteiger partial charge in [-0.05, 0) is 49.8 Å². The number of carboxylic acid groups (broad SMARTS) is 2. The molecule has 39 heavy (non-hydrogen) atoms. The molecule has 2 aromatic rings. The minimum absolute atomic E-state index is 0.0269. The van der Waals surface area contributed by atoms with E-state index < -0.39 is 53.8 Å². The Balaban J connectivity index is 1.72. The molecule has 3 rings (SSSR count). The molecular weight excluding hydrogens is 506 g/mol. The second-order valence-corrected chi connectivity index (χ2v) is 10.3. The van der Waals surface area contributed by atoms with Crippen LogP contribution < -0.4 is 21.3 Å². The number of H-pyrrole nitrogens is 1. The van der Waals surface area contributed by atoms with Crippen LogP contribution in [0.15, 0.2) is 30.5 Å². The Hall–Kier alpha value is -3.93. The lowest BCUT2D eigenvalue weighted by atomic mass is 10.0. The zero-order valence-electron chi connectivity index (χ0n) is 22.2. The molecule has 1 fully saturated rings. The maximum atomic E-state index is 13.3. The van der Waals surface area contributed by atoms with Gasteiger partial charge in [-0.3, -0.25) is 19.2 Å². The second-order valence-electron chi connectivity index (χ2n) is 10.3. The highest BCUT2D eigenvalue weighted by Crippen LogP contribution is 2.19. The molecular formula is C27H37N5O7. The number of carbonyl (C=O) groups is 5. The van der Waals surface area contributed by atoms with Gasteiger partial charge in [-0.2, -0.15) is 0 Å². The predicted octanol–water partition coefficient (Wildman–Crippen LogP) is 0.912. The highest BCUT2D eigenvalue weighted by atomic mass is 16.4. The van der Waals surface area contributed by atoms with Gasteiger partial charge in [-0.1, -0.05) is 32.0 Å². The lowest BCUT2D eigenvalue weighted by molar-refractivity contribution is -0.142. The summed E-state index contributed by atoms with van der Waals surface area (Å²) in [6.45, 7) is 4.37. The van der Waals surface area contributed by atoms with E-state index in [1.54, 1.807) is 6.20 Å². The van der Waals surface area contributed by atoms with Crippen LogP contribution in [0.5, 0.6) is 0 Å². The van der Waals surface area contributed by atoms with Gasteiger partial charge in [0, 0.05) is 29.9 Å². The number of carboxylic acids is 2. The summed E-state index contributed by atoms with van der Waals surface area (Å²) in [7, 11) is 0. The van der Waals surface area contributed by atoms with Crippen molar-refractivity contribution in [3.8, 4) is 0 Å². The maximum absolute atomic E-state index is 13.3. The predicted molar refractivity (Wildman–Crippen MR) is 143 cm³/mol. The third-order valence-electron chi connectivity index (χ3n) is 6.71. The van der Waals surface area contributed by atoms with Crippen LogP contribution in [0, 0.1) is 5.92 Å². The SMILES string of the molecule is CC(C)CC(NC(=O)C(CCC(=O)O)NC(=O)C1CCCN1)C(=O)NC(Cc1c[nH]c2ccccc12)C(=O)O. The van der Waals surface area contributed by atoms with Gasteiger partial charge < -0.3 is 36.5 Å². The summed E-state index contributed by atoms with van der Waals surface area (Å²) in [5.41, 5.74) is 1.56. The first kappa shape index (κ1) is 29.6. The first-order valence-corrected chi connectivity index (χ1v) is 13.2. The Labute approximate surface area is 226 Å². The van der Waals surface area contributed by atoms with Crippen LogP contribution >= 0.6 is 0 Å². The Morgan fingerprint density at radius 1 is 0.974 bits per heavy atom. The highest BCUT2D eigenvalue weighted by molar-refractivity contribution is 5.94. The van der Waals surface area contributed by atoms with Crippen molar-refractivity contribution in [2.45, 2.75) is 76.5 Å². The monoisotopic (exact) mass is 543 g/mol. The van der Waals surface area contributed by atoms with Crippen molar-refractivity contribution in [3.05, 3.63) is 36.0 Å². The van der Waals surface area contributed by atoms with Gasteiger partial charge in [0.1, 0.15) is 18.1 Å². The van der Waals surface area contributed by atoms with Crippen LogP contribution in [-0.2, 0) is 30.4 Å². The Kier molecular flexibility index (Phi) is 10.4. The molecule has 212 valence electrons. The van der Waals surface area contributed by atoms with E-state index in [1.165, 1.54) is 0 Å². The highest BCUT2D eigenvalue weighted by Gasteiger charge is 2.32. The van der Waals surface area contributed by atoms with Crippen LogP contribution in [0.1, 0.15) is 51.5 Å². The van der Waals surface area contributed by atoms with Crippen LogP contribution in [0.25, 0.3) is 10.9 Å². The van der Waals surface area contributed by atoms with Crippen molar-refractivity contribution < 1.29 is 34.2 Å². The fourth-order valence-electron chi connectivity index (χ4n) is 4.69. The first-order chi connectivity index (χ1) is 18.5. The summed E-state index contributed by atoms with van der Waals surface area (Å²) < 4.78 is 0. The smallest absolute Gasteiger partial charge is 0.326 e. The molecule has 1 aromatic carbocycles. The van der Waals surface area contributed by atoms with Crippen molar-refractivity contribution in [2.24, 2.45) is 5.92 Å². The topological polar surface area (TPSA) is 190 Å². The first-order valence-electron chi connectivity index (χ1n) is 13.2. The fourth-order valence-corrected chi connectivity index (χ4v) is 4.69. The summed E-state index contributed by atoms with van der Waals surface area (Å²) in [5.74, 6) is -4.17. The molecule has 12 heteroatoms. The second kappa shape index (κ2) is 13.7. The van der Waals surface area contributed by atoms with E-state index in [0.29, 0.717) is 13.0 Å². The van der Waals surface area contributed by atoms with E-state index >= 15 is 0 Å². The van der Waals surface area contributed by atoms with Gasteiger partial charge in [0.15, 0.2) is 0 Å². The molecule has 0 saturated carbocycles. The van der Waals surface area contributed by atoms with Crippen molar-refractivity contribution >= 4 is 40.6 Å². The number of fused-ring (bicyclic) bond motifs is 1. The number of hydrogen-bond donors (Lipinski definition) is 7. The van der Waals surface area contributed by atoms with Crippen molar-refractivity contribution in [2.75, 3.05) is 6.54 Å². The number of rotatable bonds is 14. The molecule has 2 heterocycles. The van der Waals surface area contributed by atoms with Gasteiger partial charge in [-0.25, -0.2) is 4.79 Å². The van der Waals surface area contributed by atoms with Crippen molar-refractivity contribution in [1.82, 2.24) is 26.3 Å².